The Morgan fingerprint density at radius 3 is 2.83 bits per heavy atom. The van der Waals surface area contributed by atoms with Crippen molar-refractivity contribution in [2.75, 3.05) is 13.1 Å². The van der Waals surface area contributed by atoms with Gasteiger partial charge < -0.3 is 21.1 Å². The highest BCUT2D eigenvalue weighted by molar-refractivity contribution is 7.09. The van der Waals surface area contributed by atoms with Crippen LogP contribution in [0.5, 0.6) is 0 Å². The molecule has 1 aliphatic carbocycles. The summed E-state index contributed by atoms with van der Waals surface area (Å²) in [5.74, 6) is 0.892. The maximum absolute atomic E-state index is 11.9. The Hall–Kier alpha value is -1.76. The molecule has 6 nitrogen and oxygen atoms in total. The van der Waals surface area contributed by atoms with Gasteiger partial charge in [-0.15, -0.1) is 11.3 Å². The molecule has 0 radical (unpaired) electrons. The zero-order valence-electron chi connectivity index (χ0n) is 14.7. The van der Waals surface area contributed by atoms with Gasteiger partial charge in [0.05, 0.1) is 12.6 Å². The van der Waals surface area contributed by atoms with Crippen LogP contribution < -0.4 is 16.4 Å². The Morgan fingerprint density at radius 2 is 2.25 bits per heavy atom. The predicted octanol–water partition coefficient (Wildman–Crippen LogP) is 2.50. The van der Waals surface area contributed by atoms with E-state index in [0.29, 0.717) is 18.4 Å². The van der Waals surface area contributed by atoms with E-state index in [1.165, 1.54) is 4.88 Å². The van der Waals surface area contributed by atoms with Crippen molar-refractivity contribution in [3.63, 3.8) is 0 Å². The van der Waals surface area contributed by atoms with Crippen LogP contribution in [0.4, 0.5) is 4.79 Å². The van der Waals surface area contributed by atoms with Crippen LogP contribution in [0.3, 0.4) is 0 Å². The van der Waals surface area contributed by atoms with Crippen molar-refractivity contribution in [2.45, 2.75) is 51.7 Å². The quantitative estimate of drug-likeness (QED) is 0.520. The average Bonchev–Trinajstić information content (AvgIpc) is 3.19. The molecule has 1 heterocycles. The minimum Gasteiger partial charge on any atom is -0.444 e. The van der Waals surface area contributed by atoms with E-state index in [2.05, 4.69) is 27.1 Å². The number of rotatable bonds is 7. The molecule has 0 aromatic carbocycles. The summed E-state index contributed by atoms with van der Waals surface area (Å²) in [6.45, 7) is 6.79. The Kier molecular flexibility index (Phi) is 6.48. The first-order valence-electron chi connectivity index (χ1n) is 8.39. The van der Waals surface area contributed by atoms with Crippen molar-refractivity contribution in [2.24, 2.45) is 16.6 Å². The van der Waals surface area contributed by atoms with Gasteiger partial charge in [0.25, 0.3) is 0 Å². The molecule has 1 aromatic heterocycles. The van der Waals surface area contributed by atoms with Gasteiger partial charge in [0.15, 0.2) is 5.96 Å². The summed E-state index contributed by atoms with van der Waals surface area (Å²) >= 11 is 1.73. The van der Waals surface area contributed by atoms with Crippen LogP contribution in [0.2, 0.25) is 0 Å². The lowest BCUT2D eigenvalue weighted by molar-refractivity contribution is 0.0500. The minimum atomic E-state index is -0.496. The van der Waals surface area contributed by atoms with E-state index in [1.807, 2.05) is 26.8 Å². The lowest BCUT2D eigenvalue weighted by Gasteiger charge is -2.23. The molecule has 1 saturated carbocycles. The number of hydrogen-bond donors (Lipinski definition) is 3. The first kappa shape index (κ1) is 18.6. The number of ether oxygens (including phenoxy) is 1. The molecule has 0 saturated heterocycles. The number of aliphatic imine (C=N–C) groups is 1. The van der Waals surface area contributed by atoms with E-state index >= 15 is 0 Å². The highest BCUT2D eigenvalue weighted by Crippen LogP contribution is 2.32. The topological polar surface area (TPSA) is 88.7 Å². The van der Waals surface area contributed by atoms with Gasteiger partial charge in [0.2, 0.25) is 0 Å². The van der Waals surface area contributed by atoms with Crippen molar-refractivity contribution >= 4 is 23.4 Å². The van der Waals surface area contributed by atoms with Crippen LogP contribution in [0.25, 0.3) is 0 Å². The monoisotopic (exact) mass is 352 g/mol. The van der Waals surface area contributed by atoms with E-state index in [9.17, 15) is 4.79 Å². The van der Waals surface area contributed by atoms with E-state index in [4.69, 9.17) is 10.5 Å². The Labute approximate surface area is 147 Å². The first-order valence-corrected chi connectivity index (χ1v) is 9.27. The number of carbonyl (C=O) groups is 1. The summed E-state index contributed by atoms with van der Waals surface area (Å²) in [6, 6.07) is 4.13. The fourth-order valence-electron chi connectivity index (χ4n) is 2.29. The molecule has 0 spiro atoms. The zero-order valence-corrected chi connectivity index (χ0v) is 15.5. The molecule has 1 aromatic rings. The van der Waals surface area contributed by atoms with Crippen molar-refractivity contribution in [1.29, 1.82) is 0 Å². The summed E-state index contributed by atoms with van der Waals surface area (Å²) < 4.78 is 5.31. The first-order chi connectivity index (χ1) is 11.3. The smallest absolute Gasteiger partial charge is 0.407 e. The van der Waals surface area contributed by atoms with Gasteiger partial charge in [-0.2, -0.15) is 0 Å². The molecule has 1 fully saturated rings. The third-order valence-corrected chi connectivity index (χ3v) is 4.55. The number of thiophene rings is 1. The Morgan fingerprint density at radius 1 is 1.50 bits per heavy atom. The molecule has 1 aliphatic rings. The SMILES string of the molecule is CC(C)(C)OC(=O)NC(CN=C(N)NCCc1cccs1)C1CC1. The lowest BCUT2D eigenvalue weighted by atomic mass is 10.2. The van der Waals surface area contributed by atoms with Gasteiger partial charge >= 0.3 is 6.09 Å². The summed E-state index contributed by atoms with van der Waals surface area (Å²) in [5.41, 5.74) is 5.42. The second-order valence-corrected chi connectivity index (χ2v) is 8.10. The van der Waals surface area contributed by atoms with Crippen LogP contribution in [-0.4, -0.2) is 36.8 Å². The van der Waals surface area contributed by atoms with Crippen LogP contribution in [0.1, 0.15) is 38.5 Å². The maximum Gasteiger partial charge on any atom is 0.407 e. The molecule has 2 rings (SSSR count). The number of guanidine groups is 1. The van der Waals surface area contributed by atoms with Crippen LogP contribution in [0, 0.1) is 5.92 Å². The van der Waals surface area contributed by atoms with E-state index in [0.717, 1.165) is 25.8 Å². The van der Waals surface area contributed by atoms with Gasteiger partial charge in [-0.25, -0.2) is 4.79 Å². The molecule has 1 unspecified atom stereocenters. The number of hydrogen-bond acceptors (Lipinski definition) is 4. The molecule has 7 heteroatoms. The van der Waals surface area contributed by atoms with Crippen LogP contribution in [-0.2, 0) is 11.2 Å². The minimum absolute atomic E-state index is 0.0162. The molecule has 24 heavy (non-hydrogen) atoms. The van der Waals surface area contributed by atoms with Gasteiger partial charge in [-0.3, -0.25) is 4.99 Å². The Bertz CT molecular complexity index is 547. The second kappa shape index (κ2) is 8.37. The summed E-state index contributed by atoms with van der Waals surface area (Å²) in [4.78, 5) is 17.6. The van der Waals surface area contributed by atoms with E-state index in [1.54, 1.807) is 11.3 Å². The summed E-state index contributed by atoms with van der Waals surface area (Å²) in [6.07, 6.45) is 2.76. The van der Waals surface area contributed by atoms with E-state index < -0.39 is 5.60 Å². The molecular formula is C17H28N4O2S. The average molecular weight is 353 g/mol. The number of carbonyl (C=O) groups excluding carboxylic acids is 1. The molecule has 1 atom stereocenters. The summed E-state index contributed by atoms with van der Waals surface area (Å²) in [7, 11) is 0. The number of nitrogens with zero attached hydrogens (tertiary/aromatic N) is 1. The van der Waals surface area contributed by atoms with Crippen molar-refractivity contribution in [3.8, 4) is 0 Å². The maximum atomic E-state index is 11.9. The highest BCUT2D eigenvalue weighted by atomic mass is 32.1. The number of amides is 1. The highest BCUT2D eigenvalue weighted by Gasteiger charge is 2.33. The molecular weight excluding hydrogens is 324 g/mol. The van der Waals surface area contributed by atoms with E-state index in [-0.39, 0.29) is 12.1 Å². The molecule has 0 aliphatic heterocycles. The molecule has 4 N–H and O–H groups in total. The third kappa shape index (κ3) is 7.21. The molecule has 134 valence electrons. The van der Waals surface area contributed by atoms with Gasteiger partial charge in [0, 0.05) is 11.4 Å². The van der Waals surface area contributed by atoms with Crippen molar-refractivity contribution in [1.82, 2.24) is 10.6 Å². The van der Waals surface area contributed by atoms with Gasteiger partial charge in [-0.05, 0) is 57.4 Å². The van der Waals surface area contributed by atoms with Crippen molar-refractivity contribution < 1.29 is 9.53 Å². The van der Waals surface area contributed by atoms with Crippen LogP contribution in [0.15, 0.2) is 22.5 Å². The fourth-order valence-corrected chi connectivity index (χ4v) is 3.00. The molecule has 1 amide bonds. The normalized spacial score (nSPS) is 16.5. The lowest BCUT2D eigenvalue weighted by Crippen LogP contribution is -2.43. The summed E-state index contributed by atoms with van der Waals surface area (Å²) in [5, 5.41) is 8.10. The standard InChI is InChI=1S/C17H28N4O2S/c1-17(2,3)23-16(22)21-14(12-6-7-12)11-20-15(18)19-9-8-13-5-4-10-24-13/h4-5,10,12,14H,6-9,11H2,1-3H3,(H,21,22)(H3,18,19,20). The van der Waals surface area contributed by atoms with Crippen LogP contribution >= 0.6 is 11.3 Å². The van der Waals surface area contributed by atoms with Gasteiger partial charge in [-0.1, -0.05) is 6.07 Å². The third-order valence-electron chi connectivity index (χ3n) is 3.61. The molecule has 0 bridgehead atoms. The number of alkyl carbamates (subject to hydrolysis) is 1. The number of nitrogens with one attached hydrogen (secondary N) is 2. The Balaban J connectivity index is 1.74. The predicted molar refractivity (Wildman–Crippen MR) is 98.4 cm³/mol. The van der Waals surface area contributed by atoms with Gasteiger partial charge in [0.1, 0.15) is 5.60 Å². The number of nitrogens with two attached hydrogens (primary N) is 1. The van der Waals surface area contributed by atoms with Crippen molar-refractivity contribution in [3.05, 3.63) is 22.4 Å². The second-order valence-electron chi connectivity index (χ2n) is 7.07. The largest absolute Gasteiger partial charge is 0.444 e. The fraction of sp³-hybridized carbons (Fsp3) is 0.647. The zero-order chi connectivity index (χ0) is 17.6.